The van der Waals surface area contributed by atoms with Crippen LogP contribution in [0.3, 0.4) is 0 Å². The van der Waals surface area contributed by atoms with E-state index in [0.29, 0.717) is 0 Å². The first kappa shape index (κ1) is 13.2. The molecule has 1 aromatic carbocycles. The number of benzene rings is 1. The number of ether oxygens (including phenoxy) is 1. The van der Waals surface area contributed by atoms with E-state index in [1.807, 2.05) is 18.2 Å². The van der Waals surface area contributed by atoms with Gasteiger partial charge in [-0.25, -0.2) is 0 Å². The molecule has 1 unspecified atom stereocenters. The maximum Gasteiger partial charge on any atom is 0.120 e. The van der Waals surface area contributed by atoms with Gasteiger partial charge in [-0.1, -0.05) is 28.9 Å². The van der Waals surface area contributed by atoms with E-state index in [0.717, 1.165) is 22.3 Å². The number of rotatable bonds is 5. The summed E-state index contributed by atoms with van der Waals surface area (Å²) in [6.07, 6.45) is 3.46. The van der Waals surface area contributed by atoms with E-state index in [-0.39, 0.29) is 6.04 Å². The van der Waals surface area contributed by atoms with Gasteiger partial charge in [0.15, 0.2) is 0 Å². The van der Waals surface area contributed by atoms with E-state index >= 15 is 0 Å². The van der Waals surface area contributed by atoms with Crippen molar-refractivity contribution in [1.82, 2.24) is 5.32 Å². The molecule has 0 bridgehead atoms. The van der Waals surface area contributed by atoms with Gasteiger partial charge in [0.25, 0.3) is 0 Å². The summed E-state index contributed by atoms with van der Waals surface area (Å²) in [6, 6.07) is 8.09. The van der Waals surface area contributed by atoms with E-state index in [2.05, 4.69) is 34.2 Å². The molecule has 1 aromatic heterocycles. The molecular formula is C14H16BrNO2. The minimum Gasteiger partial charge on any atom is -0.497 e. The summed E-state index contributed by atoms with van der Waals surface area (Å²) in [6.45, 7) is 2.97. The highest BCUT2D eigenvalue weighted by Gasteiger charge is 2.17. The molecule has 0 aliphatic rings. The number of hydrogen-bond acceptors (Lipinski definition) is 3. The third-order valence-corrected chi connectivity index (χ3v) is 3.49. The second-order valence-corrected chi connectivity index (χ2v) is 4.79. The molecule has 3 nitrogen and oxygen atoms in total. The van der Waals surface area contributed by atoms with E-state index in [1.54, 1.807) is 19.6 Å². The average molecular weight is 310 g/mol. The van der Waals surface area contributed by atoms with Gasteiger partial charge in [-0.05, 0) is 30.3 Å². The highest BCUT2D eigenvalue weighted by molar-refractivity contribution is 9.10. The minimum atomic E-state index is 0.119. The number of hydrogen-bond donors (Lipinski definition) is 1. The predicted octanol–water partition coefficient (Wildman–Crippen LogP) is 3.75. The topological polar surface area (TPSA) is 34.4 Å². The smallest absolute Gasteiger partial charge is 0.120 e. The van der Waals surface area contributed by atoms with Gasteiger partial charge in [-0.3, -0.25) is 0 Å². The lowest BCUT2D eigenvalue weighted by Gasteiger charge is -2.18. The van der Waals surface area contributed by atoms with Crippen LogP contribution >= 0.6 is 15.9 Å². The largest absolute Gasteiger partial charge is 0.497 e. The standard InChI is InChI=1S/C14H16BrNO2/c1-3-16-14(10-6-7-18-9-10)12-5-4-11(17-2)8-13(12)15/h4-9,14,16H,3H2,1-2H3. The molecule has 96 valence electrons. The lowest BCUT2D eigenvalue weighted by atomic mass is 10.0. The summed E-state index contributed by atoms with van der Waals surface area (Å²) < 4.78 is 11.4. The number of furan rings is 1. The SMILES string of the molecule is CCNC(c1ccoc1)c1ccc(OC)cc1Br. The molecule has 0 saturated carbocycles. The highest BCUT2D eigenvalue weighted by atomic mass is 79.9. The van der Waals surface area contributed by atoms with Crippen molar-refractivity contribution in [2.45, 2.75) is 13.0 Å². The summed E-state index contributed by atoms with van der Waals surface area (Å²) >= 11 is 3.59. The second kappa shape index (κ2) is 6.07. The van der Waals surface area contributed by atoms with Crippen molar-refractivity contribution in [3.8, 4) is 5.75 Å². The molecule has 0 saturated heterocycles. The summed E-state index contributed by atoms with van der Waals surface area (Å²) in [5, 5.41) is 3.45. The molecule has 0 aliphatic heterocycles. The average Bonchev–Trinajstić information content (AvgIpc) is 2.90. The summed E-state index contributed by atoms with van der Waals surface area (Å²) in [7, 11) is 1.67. The van der Waals surface area contributed by atoms with Gasteiger partial charge in [0.1, 0.15) is 5.75 Å². The zero-order chi connectivity index (χ0) is 13.0. The van der Waals surface area contributed by atoms with Crippen LogP contribution in [0.2, 0.25) is 0 Å². The fourth-order valence-corrected chi connectivity index (χ4v) is 2.51. The van der Waals surface area contributed by atoms with Crippen molar-refractivity contribution in [3.63, 3.8) is 0 Å². The number of halogens is 1. The van der Waals surface area contributed by atoms with Crippen LogP contribution in [0, 0.1) is 0 Å². The van der Waals surface area contributed by atoms with Gasteiger partial charge in [-0.2, -0.15) is 0 Å². The Balaban J connectivity index is 2.37. The van der Waals surface area contributed by atoms with Crippen molar-refractivity contribution in [2.24, 2.45) is 0 Å². The maximum atomic E-state index is 5.21. The monoisotopic (exact) mass is 309 g/mol. The molecular weight excluding hydrogens is 294 g/mol. The molecule has 0 radical (unpaired) electrons. The molecule has 1 N–H and O–H groups in total. The molecule has 0 aliphatic carbocycles. The lowest BCUT2D eigenvalue weighted by Crippen LogP contribution is -2.21. The van der Waals surface area contributed by atoms with Crippen molar-refractivity contribution >= 4 is 15.9 Å². The van der Waals surface area contributed by atoms with Crippen LogP contribution in [-0.2, 0) is 0 Å². The van der Waals surface area contributed by atoms with Crippen LogP contribution in [0.4, 0.5) is 0 Å². The Morgan fingerprint density at radius 2 is 2.22 bits per heavy atom. The van der Waals surface area contributed by atoms with Gasteiger partial charge in [-0.15, -0.1) is 0 Å². The van der Waals surface area contributed by atoms with E-state index in [1.165, 1.54) is 5.56 Å². The Morgan fingerprint density at radius 3 is 2.78 bits per heavy atom. The first-order valence-corrected chi connectivity index (χ1v) is 6.64. The Morgan fingerprint density at radius 1 is 1.39 bits per heavy atom. The van der Waals surface area contributed by atoms with Crippen molar-refractivity contribution < 1.29 is 9.15 Å². The highest BCUT2D eigenvalue weighted by Crippen LogP contribution is 2.31. The molecule has 4 heteroatoms. The third kappa shape index (κ3) is 2.76. The molecule has 1 atom stereocenters. The van der Waals surface area contributed by atoms with E-state index in [9.17, 15) is 0 Å². The summed E-state index contributed by atoms with van der Waals surface area (Å²) in [5.41, 5.74) is 2.28. The zero-order valence-electron chi connectivity index (χ0n) is 10.4. The van der Waals surface area contributed by atoms with Crippen LogP contribution in [0.25, 0.3) is 0 Å². The molecule has 0 amide bonds. The number of methoxy groups -OCH3 is 1. The molecule has 1 heterocycles. The summed E-state index contributed by atoms with van der Waals surface area (Å²) in [5.74, 6) is 0.841. The van der Waals surface area contributed by atoms with Crippen LogP contribution in [0.1, 0.15) is 24.1 Å². The Hall–Kier alpha value is -1.26. The minimum absolute atomic E-state index is 0.119. The van der Waals surface area contributed by atoms with Crippen LogP contribution in [0.15, 0.2) is 45.7 Å². The van der Waals surface area contributed by atoms with Crippen molar-refractivity contribution in [3.05, 3.63) is 52.4 Å². The second-order valence-electron chi connectivity index (χ2n) is 3.93. The van der Waals surface area contributed by atoms with Crippen LogP contribution in [0.5, 0.6) is 5.75 Å². The van der Waals surface area contributed by atoms with Gasteiger partial charge in [0.2, 0.25) is 0 Å². The predicted molar refractivity (Wildman–Crippen MR) is 74.9 cm³/mol. The van der Waals surface area contributed by atoms with Gasteiger partial charge >= 0.3 is 0 Å². The van der Waals surface area contributed by atoms with Gasteiger partial charge in [0, 0.05) is 10.0 Å². The summed E-state index contributed by atoms with van der Waals surface area (Å²) in [4.78, 5) is 0. The molecule has 18 heavy (non-hydrogen) atoms. The normalized spacial score (nSPS) is 12.4. The first-order valence-electron chi connectivity index (χ1n) is 5.85. The molecule has 0 spiro atoms. The van der Waals surface area contributed by atoms with Crippen molar-refractivity contribution in [1.29, 1.82) is 0 Å². The van der Waals surface area contributed by atoms with E-state index in [4.69, 9.17) is 9.15 Å². The Kier molecular flexibility index (Phi) is 4.44. The van der Waals surface area contributed by atoms with Crippen LogP contribution in [-0.4, -0.2) is 13.7 Å². The lowest BCUT2D eigenvalue weighted by molar-refractivity contribution is 0.414. The van der Waals surface area contributed by atoms with Crippen LogP contribution < -0.4 is 10.1 Å². The molecule has 0 fully saturated rings. The van der Waals surface area contributed by atoms with Gasteiger partial charge < -0.3 is 14.5 Å². The molecule has 2 rings (SSSR count). The van der Waals surface area contributed by atoms with Gasteiger partial charge in [0.05, 0.1) is 25.7 Å². The number of nitrogens with one attached hydrogen (secondary N) is 1. The maximum absolute atomic E-state index is 5.21. The molecule has 2 aromatic rings. The van der Waals surface area contributed by atoms with Crippen molar-refractivity contribution in [2.75, 3.05) is 13.7 Å². The fourth-order valence-electron chi connectivity index (χ4n) is 1.92. The quantitative estimate of drug-likeness (QED) is 0.913. The fraction of sp³-hybridized carbons (Fsp3) is 0.286. The first-order chi connectivity index (χ1) is 8.76. The third-order valence-electron chi connectivity index (χ3n) is 2.80. The Bertz CT molecular complexity index is 497. The van der Waals surface area contributed by atoms with E-state index < -0.39 is 0 Å². The Labute approximate surface area is 115 Å². The zero-order valence-corrected chi connectivity index (χ0v) is 12.0.